The Morgan fingerprint density at radius 1 is 1.15 bits per heavy atom. The van der Waals surface area contributed by atoms with E-state index in [0.29, 0.717) is 0 Å². The molecule has 0 aromatic rings. The lowest BCUT2D eigenvalue weighted by Crippen LogP contribution is -2.02. The minimum atomic E-state index is -0.187. The van der Waals surface area contributed by atoms with Crippen LogP contribution in [0.3, 0.4) is 0 Å². The molecule has 0 aromatic heterocycles. The van der Waals surface area contributed by atoms with Crippen molar-refractivity contribution < 1.29 is 4.79 Å². The maximum Gasteiger partial charge on any atom is 0.224 e. The number of halogens is 1. The van der Waals surface area contributed by atoms with Crippen molar-refractivity contribution in [1.82, 2.24) is 0 Å². The Kier molecular flexibility index (Phi) is 8.53. The van der Waals surface area contributed by atoms with Crippen molar-refractivity contribution in [2.24, 2.45) is 5.92 Å². The topological polar surface area (TPSA) is 17.1 Å². The third-order valence-corrected chi connectivity index (χ3v) is 2.75. The van der Waals surface area contributed by atoms with Crippen LogP contribution in [0.1, 0.15) is 58.8 Å². The third kappa shape index (κ3) is 8.29. The Morgan fingerprint density at radius 3 is 2.23 bits per heavy atom. The lowest BCUT2D eigenvalue weighted by Gasteiger charge is -2.04. The first kappa shape index (κ1) is 13.0. The second-order valence-corrected chi connectivity index (χ2v) is 4.13. The summed E-state index contributed by atoms with van der Waals surface area (Å²) < 4.78 is 0. The molecule has 78 valence electrons. The van der Waals surface area contributed by atoms with Crippen LogP contribution < -0.4 is 0 Å². The fourth-order valence-corrected chi connectivity index (χ4v) is 1.45. The molecular weight excluding hydrogens is 184 g/mol. The normalized spacial score (nSPS) is 12.8. The van der Waals surface area contributed by atoms with Gasteiger partial charge in [0.25, 0.3) is 0 Å². The van der Waals surface area contributed by atoms with Gasteiger partial charge >= 0.3 is 0 Å². The number of rotatable bonds is 8. The minimum Gasteiger partial charge on any atom is -0.281 e. The molecule has 0 amide bonds. The molecule has 0 aliphatic carbocycles. The van der Waals surface area contributed by atoms with Crippen LogP contribution in [0.4, 0.5) is 0 Å². The van der Waals surface area contributed by atoms with Crippen molar-refractivity contribution in [2.75, 3.05) is 0 Å². The average molecular weight is 205 g/mol. The maximum absolute atomic E-state index is 10.7. The third-order valence-electron chi connectivity index (χ3n) is 2.38. The predicted molar refractivity (Wildman–Crippen MR) is 58.0 cm³/mol. The van der Waals surface area contributed by atoms with Crippen LogP contribution in [0.5, 0.6) is 0 Å². The molecule has 2 heteroatoms. The molecule has 0 fully saturated rings. The summed E-state index contributed by atoms with van der Waals surface area (Å²) in [6.45, 7) is 4.12. The van der Waals surface area contributed by atoms with Crippen LogP contribution in [-0.2, 0) is 4.79 Å². The zero-order valence-electron chi connectivity index (χ0n) is 8.81. The smallest absolute Gasteiger partial charge is 0.224 e. The highest BCUT2D eigenvalue weighted by atomic mass is 35.5. The van der Waals surface area contributed by atoms with E-state index in [4.69, 9.17) is 11.6 Å². The Morgan fingerprint density at radius 2 is 1.69 bits per heavy atom. The highest BCUT2D eigenvalue weighted by molar-refractivity contribution is 6.63. The molecule has 0 aliphatic rings. The second-order valence-electron chi connectivity index (χ2n) is 3.76. The molecule has 0 spiro atoms. The van der Waals surface area contributed by atoms with Crippen molar-refractivity contribution in [3.8, 4) is 0 Å². The largest absolute Gasteiger partial charge is 0.281 e. The van der Waals surface area contributed by atoms with Crippen LogP contribution in [-0.4, -0.2) is 5.24 Å². The van der Waals surface area contributed by atoms with E-state index in [1.165, 1.54) is 32.1 Å². The van der Waals surface area contributed by atoms with Crippen LogP contribution in [0.15, 0.2) is 0 Å². The van der Waals surface area contributed by atoms with Gasteiger partial charge in [-0.3, -0.25) is 4.79 Å². The van der Waals surface area contributed by atoms with Crippen LogP contribution in [0.2, 0.25) is 0 Å². The average Bonchev–Trinajstić information content (AvgIpc) is 2.10. The van der Waals surface area contributed by atoms with Crippen molar-refractivity contribution >= 4 is 16.8 Å². The van der Waals surface area contributed by atoms with Crippen molar-refractivity contribution in [2.45, 2.75) is 58.8 Å². The molecule has 0 heterocycles. The molecule has 0 radical (unpaired) electrons. The van der Waals surface area contributed by atoms with Crippen molar-refractivity contribution in [1.29, 1.82) is 0 Å². The maximum atomic E-state index is 10.7. The summed E-state index contributed by atoms with van der Waals surface area (Å²) in [6, 6.07) is 0. The SMILES string of the molecule is CCCCCCCCC(C)C(=O)Cl. The first-order valence-electron chi connectivity index (χ1n) is 5.37. The van der Waals surface area contributed by atoms with Gasteiger partial charge in [-0.25, -0.2) is 0 Å². The van der Waals surface area contributed by atoms with Gasteiger partial charge in [0, 0.05) is 5.92 Å². The first-order chi connectivity index (χ1) is 6.18. The fourth-order valence-electron chi connectivity index (χ4n) is 1.34. The summed E-state index contributed by atoms with van der Waals surface area (Å²) in [5.74, 6) is 0.0489. The van der Waals surface area contributed by atoms with Gasteiger partial charge in [0.15, 0.2) is 0 Å². The highest BCUT2D eigenvalue weighted by Gasteiger charge is 2.08. The predicted octanol–water partition coefficient (Wildman–Crippen LogP) is 4.14. The van der Waals surface area contributed by atoms with Gasteiger partial charge in [-0.05, 0) is 18.0 Å². The highest BCUT2D eigenvalue weighted by Crippen LogP contribution is 2.13. The molecule has 0 saturated carbocycles. The monoisotopic (exact) mass is 204 g/mol. The summed E-state index contributed by atoms with van der Waals surface area (Å²) in [5, 5.41) is -0.187. The molecule has 0 N–H and O–H groups in total. The zero-order chi connectivity index (χ0) is 10.1. The molecule has 1 nitrogen and oxygen atoms in total. The Labute approximate surface area is 86.9 Å². The molecule has 1 unspecified atom stereocenters. The summed E-state index contributed by atoms with van der Waals surface area (Å²) in [6.07, 6.45) is 8.60. The number of carbonyl (C=O) groups is 1. The summed E-state index contributed by atoms with van der Waals surface area (Å²) >= 11 is 5.35. The molecular formula is C11H21ClO. The molecule has 13 heavy (non-hydrogen) atoms. The number of hydrogen-bond donors (Lipinski definition) is 0. The van der Waals surface area contributed by atoms with Gasteiger partial charge in [0.05, 0.1) is 0 Å². The standard InChI is InChI=1S/C11H21ClO/c1-3-4-5-6-7-8-9-10(2)11(12)13/h10H,3-9H2,1-2H3. The van der Waals surface area contributed by atoms with Gasteiger partial charge in [0.1, 0.15) is 0 Å². The van der Waals surface area contributed by atoms with Gasteiger partial charge in [-0.2, -0.15) is 0 Å². The van der Waals surface area contributed by atoms with E-state index in [2.05, 4.69) is 6.92 Å². The van der Waals surface area contributed by atoms with Crippen LogP contribution in [0, 0.1) is 5.92 Å². The Balaban J connectivity index is 3.11. The van der Waals surface area contributed by atoms with E-state index >= 15 is 0 Å². The van der Waals surface area contributed by atoms with E-state index in [1.54, 1.807) is 0 Å². The van der Waals surface area contributed by atoms with Crippen LogP contribution in [0.25, 0.3) is 0 Å². The molecule has 0 rings (SSSR count). The summed E-state index contributed by atoms with van der Waals surface area (Å²) in [7, 11) is 0. The number of unbranched alkanes of at least 4 members (excludes halogenated alkanes) is 5. The van der Waals surface area contributed by atoms with E-state index in [1.807, 2.05) is 6.92 Å². The second kappa shape index (κ2) is 8.55. The van der Waals surface area contributed by atoms with Gasteiger partial charge in [-0.15, -0.1) is 0 Å². The Bertz CT molecular complexity index is 134. The van der Waals surface area contributed by atoms with Crippen LogP contribution >= 0.6 is 11.6 Å². The summed E-state index contributed by atoms with van der Waals surface area (Å²) in [5.41, 5.74) is 0. The minimum absolute atomic E-state index is 0.0489. The lowest BCUT2D eigenvalue weighted by molar-refractivity contribution is -0.114. The van der Waals surface area contributed by atoms with Crippen molar-refractivity contribution in [3.05, 3.63) is 0 Å². The van der Waals surface area contributed by atoms with Gasteiger partial charge < -0.3 is 0 Å². The Hall–Kier alpha value is -0.0400. The first-order valence-corrected chi connectivity index (χ1v) is 5.75. The molecule has 0 aliphatic heterocycles. The number of hydrogen-bond acceptors (Lipinski definition) is 1. The molecule has 0 aromatic carbocycles. The molecule has 0 bridgehead atoms. The molecule has 1 atom stereocenters. The van der Waals surface area contributed by atoms with E-state index in [9.17, 15) is 4.79 Å². The quantitative estimate of drug-likeness (QED) is 0.429. The van der Waals surface area contributed by atoms with E-state index < -0.39 is 0 Å². The molecule has 0 saturated heterocycles. The van der Waals surface area contributed by atoms with Gasteiger partial charge in [-0.1, -0.05) is 52.4 Å². The lowest BCUT2D eigenvalue weighted by atomic mass is 10.0. The number of carbonyl (C=O) groups excluding carboxylic acids is 1. The van der Waals surface area contributed by atoms with Crippen molar-refractivity contribution in [3.63, 3.8) is 0 Å². The fraction of sp³-hybridized carbons (Fsp3) is 0.909. The van der Waals surface area contributed by atoms with E-state index in [0.717, 1.165) is 12.8 Å². The van der Waals surface area contributed by atoms with E-state index in [-0.39, 0.29) is 11.2 Å². The zero-order valence-corrected chi connectivity index (χ0v) is 9.57. The summed E-state index contributed by atoms with van der Waals surface area (Å²) in [4.78, 5) is 10.7. The van der Waals surface area contributed by atoms with Gasteiger partial charge in [0.2, 0.25) is 5.24 Å².